The second kappa shape index (κ2) is 69.3. The number of rotatable bonds is 59. The van der Waals surface area contributed by atoms with Gasteiger partial charge in [0.05, 0.1) is 0 Å². The second-order valence-corrected chi connectivity index (χ2v) is 21.6. The molecule has 0 aliphatic heterocycles. The largest absolute Gasteiger partial charge is 0.462 e. The monoisotopic (exact) mass is 1140 g/mol. The van der Waals surface area contributed by atoms with E-state index in [4.69, 9.17) is 14.2 Å². The van der Waals surface area contributed by atoms with Crippen LogP contribution in [0.15, 0.2) is 170 Å². The maximum atomic E-state index is 12.9. The molecule has 0 aliphatic carbocycles. The van der Waals surface area contributed by atoms with Gasteiger partial charge in [0.2, 0.25) is 0 Å². The lowest BCUT2D eigenvalue weighted by atomic mass is 10.0. The van der Waals surface area contributed by atoms with Crippen LogP contribution >= 0.6 is 0 Å². The molecule has 83 heavy (non-hydrogen) atoms. The van der Waals surface area contributed by atoms with Crippen molar-refractivity contribution in [3.63, 3.8) is 0 Å². The molecule has 0 saturated heterocycles. The minimum atomic E-state index is -0.832. The highest BCUT2D eigenvalue weighted by molar-refractivity contribution is 5.71. The third-order valence-corrected chi connectivity index (χ3v) is 13.7. The summed E-state index contributed by atoms with van der Waals surface area (Å²) in [5.41, 5.74) is 0. The van der Waals surface area contributed by atoms with Crippen LogP contribution in [0, 0.1) is 0 Å². The lowest BCUT2D eigenvalue weighted by Gasteiger charge is -2.18. The highest BCUT2D eigenvalue weighted by Gasteiger charge is 2.19. The maximum absolute atomic E-state index is 12.9. The topological polar surface area (TPSA) is 78.9 Å². The zero-order valence-corrected chi connectivity index (χ0v) is 53.4. The van der Waals surface area contributed by atoms with Crippen molar-refractivity contribution < 1.29 is 28.6 Å². The molecule has 0 rings (SSSR count). The van der Waals surface area contributed by atoms with Gasteiger partial charge >= 0.3 is 17.9 Å². The smallest absolute Gasteiger partial charge is 0.306 e. The van der Waals surface area contributed by atoms with E-state index in [9.17, 15) is 14.4 Å². The molecule has 0 aliphatic rings. The van der Waals surface area contributed by atoms with Crippen molar-refractivity contribution in [1.82, 2.24) is 0 Å². The van der Waals surface area contributed by atoms with Crippen LogP contribution in [0.1, 0.15) is 278 Å². The van der Waals surface area contributed by atoms with Gasteiger partial charge in [-0.25, -0.2) is 0 Å². The Balaban J connectivity index is 4.43. The fourth-order valence-electron chi connectivity index (χ4n) is 8.78. The van der Waals surface area contributed by atoms with E-state index in [2.05, 4.69) is 179 Å². The molecule has 0 bridgehead atoms. The highest BCUT2D eigenvalue weighted by Crippen LogP contribution is 2.16. The molecule has 0 N–H and O–H groups in total. The van der Waals surface area contributed by atoms with Gasteiger partial charge < -0.3 is 14.2 Å². The molecule has 0 aromatic rings. The summed E-state index contributed by atoms with van der Waals surface area (Å²) in [7, 11) is 0. The van der Waals surface area contributed by atoms with Crippen molar-refractivity contribution in [3.05, 3.63) is 170 Å². The predicted molar refractivity (Wildman–Crippen MR) is 361 cm³/mol. The van der Waals surface area contributed by atoms with Crippen molar-refractivity contribution in [2.45, 2.75) is 284 Å². The molecular weight excluding hydrogens is 1020 g/mol. The first-order valence-electron chi connectivity index (χ1n) is 33.6. The number of ether oxygens (including phenoxy) is 3. The molecule has 0 spiro atoms. The molecule has 466 valence electrons. The summed E-state index contributed by atoms with van der Waals surface area (Å²) in [5.74, 6) is -1.05. The molecular formula is C77H122O6. The summed E-state index contributed by atoms with van der Waals surface area (Å²) in [6.07, 6.45) is 102. The van der Waals surface area contributed by atoms with Gasteiger partial charge in [-0.05, 0) is 122 Å². The Morgan fingerprint density at radius 2 is 0.494 bits per heavy atom. The molecule has 0 saturated carbocycles. The normalized spacial score (nSPS) is 13.2. The number of unbranched alkanes of at least 4 members (excludes halogenated alkanes) is 20. The van der Waals surface area contributed by atoms with Crippen molar-refractivity contribution in [2.24, 2.45) is 0 Å². The van der Waals surface area contributed by atoms with Gasteiger partial charge in [0.25, 0.3) is 0 Å². The van der Waals surface area contributed by atoms with E-state index >= 15 is 0 Å². The highest BCUT2D eigenvalue weighted by atomic mass is 16.6. The third kappa shape index (κ3) is 67.4. The van der Waals surface area contributed by atoms with Crippen LogP contribution in [0.2, 0.25) is 0 Å². The van der Waals surface area contributed by atoms with E-state index in [0.29, 0.717) is 19.3 Å². The Kier molecular flexibility index (Phi) is 64.9. The maximum Gasteiger partial charge on any atom is 0.306 e. The number of carbonyl (C=O) groups excluding carboxylic acids is 3. The molecule has 0 amide bonds. The van der Waals surface area contributed by atoms with E-state index in [0.717, 1.165) is 122 Å². The summed E-state index contributed by atoms with van der Waals surface area (Å²) in [6, 6.07) is 0. The Bertz CT molecular complexity index is 1890. The second-order valence-electron chi connectivity index (χ2n) is 21.6. The average molecular weight is 1140 g/mol. The summed E-state index contributed by atoms with van der Waals surface area (Å²) in [5, 5.41) is 0. The minimum absolute atomic E-state index is 0.128. The van der Waals surface area contributed by atoms with Crippen molar-refractivity contribution in [2.75, 3.05) is 13.2 Å². The first kappa shape index (κ1) is 77.8. The lowest BCUT2D eigenvalue weighted by molar-refractivity contribution is -0.166. The molecule has 1 atom stereocenters. The molecule has 0 radical (unpaired) electrons. The van der Waals surface area contributed by atoms with E-state index in [-0.39, 0.29) is 44.0 Å². The van der Waals surface area contributed by atoms with Gasteiger partial charge in [-0.3, -0.25) is 14.4 Å². The van der Waals surface area contributed by atoms with Gasteiger partial charge in [-0.2, -0.15) is 0 Å². The number of hydrogen-bond donors (Lipinski definition) is 0. The SMILES string of the molecule is CC/C=C\C/C=C\C/C=C\C/C=C\C/C=C\C/C=C\C/C=C\C/C=C\C/C=C\C/C=C\CCCCC(=O)OCC(COC(=O)CC/C=C\C/C=C\C/C=C\C/C=C\CC)OC(=O)CCCCCCCCCCCCCCCCCCCCC. The average Bonchev–Trinajstić information content (AvgIpc) is 3.49. The predicted octanol–water partition coefficient (Wildman–Crippen LogP) is 23.4. The van der Waals surface area contributed by atoms with Crippen LogP contribution in [0.4, 0.5) is 0 Å². The molecule has 0 heterocycles. The molecule has 0 fully saturated rings. The van der Waals surface area contributed by atoms with Gasteiger partial charge in [-0.1, -0.05) is 306 Å². The molecule has 0 aromatic carbocycles. The summed E-state index contributed by atoms with van der Waals surface area (Å²) in [4.78, 5) is 38.3. The van der Waals surface area contributed by atoms with E-state index in [1.165, 1.54) is 103 Å². The third-order valence-electron chi connectivity index (χ3n) is 13.7. The Morgan fingerprint density at radius 1 is 0.253 bits per heavy atom. The van der Waals surface area contributed by atoms with Crippen LogP contribution < -0.4 is 0 Å². The first-order valence-corrected chi connectivity index (χ1v) is 33.6. The Hall–Kier alpha value is -5.23. The quantitative estimate of drug-likeness (QED) is 0.0261. The molecule has 6 nitrogen and oxygen atoms in total. The van der Waals surface area contributed by atoms with Crippen LogP contribution in [0.25, 0.3) is 0 Å². The summed E-state index contributed by atoms with van der Waals surface area (Å²) < 4.78 is 16.8. The standard InChI is InChI=1S/C77H122O6/c1-4-7-10-13-16-19-22-25-27-29-31-32-33-34-35-36-37-38-39-40-41-42-43-44-46-47-49-52-55-58-61-64-67-70-76(79)82-73-74(72-81-75(78)69-66-63-60-57-54-51-24-21-18-15-12-9-6-3)83-77(80)71-68-65-62-59-56-53-50-48-45-30-28-26-23-20-17-14-11-8-5-2/h7,9-10,12,16,18-19,21,25,27,31-32,34-35,37-38,40-41,43-44,47,49,51,54-55,58,60,63,74H,4-6,8,11,13-15,17,20,22-24,26,28-30,33,36,39,42,45-46,48,50,52-53,56-57,59,61-62,64-73H2,1-3H3/b10-7-,12-9-,19-16-,21-18-,27-25-,32-31-,35-34-,38-37-,41-40-,44-43-,49-47-,54-51-,58-55-,63-60-. The zero-order valence-electron chi connectivity index (χ0n) is 53.4. The number of allylic oxidation sites excluding steroid dienone is 28. The van der Waals surface area contributed by atoms with Gasteiger partial charge in [0.15, 0.2) is 6.10 Å². The van der Waals surface area contributed by atoms with E-state index in [1.54, 1.807) is 0 Å². The molecule has 1 unspecified atom stereocenters. The van der Waals surface area contributed by atoms with Gasteiger partial charge in [0.1, 0.15) is 13.2 Å². The fourth-order valence-corrected chi connectivity index (χ4v) is 8.78. The van der Waals surface area contributed by atoms with Crippen molar-refractivity contribution in [3.8, 4) is 0 Å². The van der Waals surface area contributed by atoms with Crippen LogP contribution in [0.3, 0.4) is 0 Å². The van der Waals surface area contributed by atoms with Crippen molar-refractivity contribution in [1.29, 1.82) is 0 Å². The Labute approximate surface area is 511 Å². The summed E-state index contributed by atoms with van der Waals surface area (Å²) >= 11 is 0. The van der Waals surface area contributed by atoms with Gasteiger partial charge in [0, 0.05) is 19.3 Å². The Morgan fingerprint density at radius 3 is 0.807 bits per heavy atom. The number of carbonyl (C=O) groups is 3. The fraction of sp³-hybridized carbons (Fsp3) is 0.597. The zero-order chi connectivity index (χ0) is 59.9. The molecule has 0 aromatic heterocycles. The molecule has 6 heteroatoms. The van der Waals surface area contributed by atoms with E-state index in [1.807, 2.05) is 12.2 Å². The lowest BCUT2D eigenvalue weighted by Crippen LogP contribution is -2.30. The number of esters is 3. The van der Waals surface area contributed by atoms with Crippen LogP contribution in [-0.2, 0) is 28.6 Å². The minimum Gasteiger partial charge on any atom is -0.462 e. The number of hydrogen-bond acceptors (Lipinski definition) is 6. The summed E-state index contributed by atoms with van der Waals surface area (Å²) in [6.45, 7) is 6.32. The van der Waals surface area contributed by atoms with Gasteiger partial charge in [-0.15, -0.1) is 0 Å². The van der Waals surface area contributed by atoms with E-state index < -0.39 is 6.10 Å². The van der Waals surface area contributed by atoms with Crippen molar-refractivity contribution >= 4 is 17.9 Å². The van der Waals surface area contributed by atoms with Crippen LogP contribution in [0.5, 0.6) is 0 Å². The van der Waals surface area contributed by atoms with Crippen LogP contribution in [-0.4, -0.2) is 37.2 Å². The first-order chi connectivity index (χ1) is 41.0.